The molecule has 2 rings (SSSR count). The molecule has 24 heavy (non-hydrogen) atoms. The molecule has 0 aliphatic rings. The lowest BCUT2D eigenvalue weighted by Gasteiger charge is -2.04. The molecule has 0 spiro atoms. The van der Waals surface area contributed by atoms with Crippen LogP contribution in [0.3, 0.4) is 0 Å². The first kappa shape index (κ1) is 17.8. The Bertz CT molecular complexity index is 721. The lowest BCUT2D eigenvalue weighted by molar-refractivity contribution is -0.137. The van der Waals surface area contributed by atoms with Crippen LogP contribution in [-0.4, -0.2) is 23.5 Å². The Labute approximate surface area is 145 Å². The molecule has 2 aromatic carbocycles. The highest BCUT2D eigenvalue weighted by atomic mass is 35.5. The highest BCUT2D eigenvalue weighted by Gasteiger charge is 2.04. The van der Waals surface area contributed by atoms with E-state index in [4.69, 9.17) is 16.7 Å². The largest absolute Gasteiger partial charge is 0.481 e. The van der Waals surface area contributed by atoms with E-state index in [-0.39, 0.29) is 12.3 Å². The molecule has 4 nitrogen and oxygen atoms in total. The van der Waals surface area contributed by atoms with Gasteiger partial charge in [-0.3, -0.25) is 9.59 Å². The Morgan fingerprint density at radius 1 is 0.958 bits per heavy atom. The van der Waals surface area contributed by atoms with E-state index in [1.807, 2.05) is 48.6 Å². The van der Waals surface area contributed by atoms with E-state index in [1.165, 1.54) is 0 Å². The molecule has 2 aromatic rings. The minimum Gasteiger partial charge on any atom is -0.481 e. The fourth-order valence-electron chi connectivity index (χ4n) is 2.06. The van der Waals surface area contributed by atoms with Crippen molar-refractivity contribution in [2.24, 2.45) is 0 Å². The van der Waals surface area contributed by atoms with Crippen LogP contribution in [0.5, 0.6) is 0 Å². The summed E-state index contributed by atoms with van der Waals surface area (Å²) in [5.74, 6) is -1.06. The molecular formula is C19H18ClNO3. The third-order valence-electron chi connectivity index (χ3n) is 3.36. The SMILES string of the molecule is O=C(O)CCCNC(=O)c1ccc(/C=C/c2ccc(Cl)cc2)cc1. The summed E-state index contributed by atoms with van der Waals surface area (Å²) < 4.78 is 0. The van der Waals surface area contributed by atoms with Crippen LogP contribution in [0.4, 0.5) is 0 Å². The van der Waals surface area contributed by atoms with Gasteiger partial charge in [0, 0.05) is 23.6 Å². The summed E-state index contributed by atoms with van der Waals surface area (Å²) in [5.41, 5.74) is 2.57. The summed E-state index contributed by atoms with van der Waals surface area (Å²) in [6.07, 6.45) is 4.40. The van der Waals surface area contributed by atoms with Crippen molar-refractivity contribution >= 4 is 35.6 Å². The average molecular weight is 344 g/mol. The van der Waals surface area contributed by atoms with E-state index in [2.05, 4.69) is 5.32 Å². The van der Waals surface area contributed by atoms with Crippen LogP contribution < -0.4 is 5.32 Å². The number of hydrogen-bond acceptors (Lipinski definition) is 2. The van der Waals surface area contributed by atoms with Gasteiger partial charge in [-0.1, -0.05) is 48.0 Å². The van der Waals surface area contributed by atoms with Gasteiger partial charge in [0.15, 0.2) is 0 Å². The highest BCUT2D eigenvalue weighted by molar-refractivity contribution is 6.30. The van der Waals surface area contributed by atoms with E-state index in [1.54, 1.807) is 12.1 Å². The summed E-state index contributed by atoms with van der Waals surface area (Å²) in [5, 5.41) is 12.0. The number of carbonyl (C=O) groups is 2. The van der Waals surface area contributed by atoms with Gasteiger partial charge < -0.3 is 10.4 Å². The molecule has 5 heteroatoms. The van der Waals surface area contributed by atoms with Crippen LogP contribution in [0.2, 0.25) is 5.02 Å². The van der Waals surface area contributed by atoms with Gasteiger partial charge in [-0.25, -0.2) is 0 Å². The Morgan fingerprint density at radius 2 is 1.50 bits per heavy atom. The third kappa shape index (κ3) is 5.89. The molecule has 0 radical (unpaired) electrons. The van der Waals surface area contributed by atoms with E-state index in [0.29, 0.717) is 23.6 Å². The van der Waals surface area contributed by atoms with Crippen LogP contribution in [0.1, 0.15) is 34.3 Å². The number of carboxylic acids is 1. The molecule has 0 aliphatic heterocycles. The van der Waals surface area contributed by atoms with E-state index >= 15 is 0 Å². The topological polar surface area (TPSA) is 66.4 Å². The molecule has 0 aromatic heterocycles. The summed E-state index contributed by atoms with van der Waals surface area (Å²) >= 11 is 5.85. The molecule has 0 atom stereocenters. The maximum absolute atomic E-state index is 11.9. The molecule has 0 saturated heterocycles. The summed E-state index contributed by atoms with van der Waals surface area (Å²) in [6, 6.07) is 14.7. The second-order valence-electron chi connectivity index (χ2n) is 5.26. The zero-order chi connectivity index (χ0) is 17.4. The van der Waals surface area contributed by atoms with Gasteiger partial charge in [-0.15, -0.1) is 0 Å². The van der Waals surface area contributed by atoms with Crippen molar-refractivity contribution in [2.45, 2.75) is 12.8 Å². The molecule has 0 unspecified atom stereocenters. The van der Waals surface area contributed by atoms with Gasteiger partial charge in [0.1, 0.15) is 0 Å². The Balaban J connectivity index is 1.89. The van der Waals surface area contributed by atoms with Crippen molar-refractivity contribution in [3.8, 4) is 0 Å². The lowest BCUT2D eigenvalue weighted by atomic mass is 10.1. The maximum atomic E-state index is 11.9. The van der Waals surface area contributed by atoms with Crippen LogP contribution in [0.15, 0.2) is 48.5 Å². The second kappa shape index (κ2) is 8.89. The number of benzene rings is 2. The second-order valence-corrected chi connectivity index (χ2v) is 5.70. The molecule has 2 N–H and O–H groups in total. The number of aliphatic carboxylic acids is 1. The monoisotopic (exact) mass is 343 g/mol. The van der Waals surface area contributed by atoms with Gasteiger partial charge in [0.2, 0.25) is 0 Å². The van der Waals surface area contributed by atoms with Gasteiger partial charge in [0.25, 0.3) is 5.91 Å². The minimum atomic E-state index is -0.860. The summed E-state index contributed by atoms with van der Waals surface area (Å²) in [4.78, 5) is 22.3. The van der Waals surface area contributed by atoms with Crippen LogP contribution in [0.25, 0.3) is 12.2 Å². The minimum absolute atomic E-state index is 0.0503. The first-order chi connectivity index (χ1) is 11.5. The van der Waals surface area contributed by atoms with Gasteiger partial charge in [0.05, 0.1) is 0 Å². The van der Waals surface area contributed by atoms with E-state index in [9.17, 15) is 9.59 Å². The van der Waals surface area contributed by atoms with Crippen molar-refractivity contribution in [1.82, 2.24) is 5.32 Å². The van der Waals surface area contributed by atoms with Gasteiger partial charge >= 0.3 is 5.97 Å². The Kier molecular flexibility index (Phi) is 6.58. The highest BCUT2D eigenvalue weighted by Crippen LogP contribution is 2.13. The number of nitrogens with one attached hydrogen (secondary N) is 1. The molecule has 0 bridgehead atoms. The fraction of sp³-hybridized carbons (Fsp3) is 0.158. The standard InChI is InChI=1S/C19H18ClNO3/c20-17-11-7-15(8-12-17)4-3-14-5-9-16(10-6-14)19(24)21-13-1-2-18(22)23/h3-12H,1-2,13H2,(H,21,24)(H,22,23)/b4-3+. The molecule has 0 heterocycles. The molecule has 0 aliphatic carbocycles. The van der Waals surface area contributed by atoms with Crippen molar-refractivity contribution in [3.63, 3.8) is 0 Å². The maximum Gasteiger partial charge on any atom is 0.303 e. The number of hydrogen-bond donors (Lipinski definition) is 2. The molecule has 0 fully saturated rings. The molecule has 124 valence electrons. The Hall–Kier alpha value is -2.59. The first-order valence-electron chi connectivity index (χ1n) is 7.58. The summed E-state index contributed by atoms with van der Waals surface area (Å²) in [6.45, 7) is 0.351. The van der Waals surface area contributed by atoms with E-state index in [0.717, 1.165) is 11.1 Å². The summed E-state index contributed by atoms with van der Waals surface area (Å²) in [7, 11) is 0. The normalized spacial score (nSPS) is 10.7. The van der Waals surface area contributed by atoms with Crippen LogP contribution in [0, 0.1) is 0 Å². The van der Waals surface area contributed by atoms with Crippen LogP contribution >= 0.6 is 11.6 Å². The van der Waals surface area contributed by atoms with Crippen LogP contribution in [-0.2, 0) is 4.79 Å². The van der Waals surface area contributed by atoms with Crippen molar-refractivity contribution in [3.05, 3.63) is 70.2 Å². The van der Waals surface area contributed by atoms with Crippen molar-refractivity contribution < 1.29 is 14.7 Å². The van der Waals surface area contributed by atoms with E-state index < -0.39 is 5.97 Å². The number of carboxylic acid groups (broad SMARTS) is 1. The third-order valence-corrected chi connectivity index (χ3v) is 3.62. The zero-order valence-corrected chi connectivity index (χ0v) is 13.8. The molecular weight excluding hydrogens is 326 g/mol. The van der Waals surface area contributed by atoms with Gasteiger partial charge in [-0.2, -0.15) is 0 Å². The predicted molar refractivity (Wildman–Crippen MR) is 96.0 cm³/mol. The quantitative estimate of drug-likeness (QED) is 0.587. The molecule has 1 amide bonds. The molecule has 0 saturated carbocycles. The number of halogens is 1. The number of amides is 1. The smallest absolute Gasteiger partial charge is 0.303 e. The van der Waals surface area contributed by atoms with Gasteiger partial charge in [-0.05, 0) is 41.8 Å². The van der Waals surface area contributed by atoms with Crippen molar-refractivity contribution in [2.75, 3.05) is 6.54 Å². The number of carbonyl (C=O) groups excluding carboxylic acids is 1. The fourth-order valence-corrected chi connectivity index (χ4v) is 2.18. The number of rotatable bonds is 7. The van der Waals surface area contributed by atoms with Crippen molar-refractivity contribution in [1.29, 1.82) is 0 Å². The Morgan fingerprint density at radius 3 is 2.04 bits per heavy atom. The zero-order valence-electron chi connectivity index (χ0n) is 13.0. The lowest BCUT2D eigenvalue weighted by Crippen LogP contribution is -2.24. The average Bonchev–Trinajstić information content (AvgIpc) is 2.58. The first-order valence-corrected chi connectivity index (χ1v) is 7.96. The predicted octanol–water partition coefficient (Wildman–Crippen LogP) is 4.11.